The van der Waals surface area contributed by atoms with Gasteiger partial charge in [-0.2, -0.15) is 0 Å². The molecule has 0 aliphatic carbocycles. The molecule has 1 amide bonds. The lowest BCUT2D eigenvalue weighted by Gasteiger charge is -2.35. The predicted molar refractivity (Wildman–Crippen MR) is 111 cm³/mol. The number of rotatable bonds is 5. The molecule has 6 heteroatoms. The number of aryl methyl sites for hydroxylation is 1. The van der Waals surface area contributed by atoms with E-state index in [-0.39, 0.29) is 18.4 Å². The third-order valence-corrected chi connectivity index (χ3v) is 4.95. The summed E-state index contributed by atoms with van der Waals surface area (Å²) in [6, 6.07) is 13.2. The Kier molecular flexibility index (Phi) is 6.11. The molecule has 2 aromatic carbocycles. The molecule has 2 atom stereocenters. The summed E-state index contributed by atoms with van der Waals surface area (Å²) >= 11 is 0. The Morgan fingerprint density at radius 2 is 1.86 bits per heavy atom. The molecule has 6 nitrogen and oxygen atoms in total. The topological polar surface area (TPSA) is 65.1 Å². The van der Waals surface area contributed by atoms with Crippen LogP contribution in [0.2, 0.25) is 0 Å². The van der Waals surface area contributed by atoms with Gasteiger partial charge in [0, 0.05) is 0 Å². The summed E-state index contributed by atoms with van der Waals surface area (Å²) < 4.78 is 16.6. The lowest BCUT2D eigenvalue weighted by atomic mass is 10.0. The van der Waals surface area contributed by atoms with E-state index in [9.17, 15) is 9.59 Å². The number of carbonyl (C=O) groups excluding carboxylic acids is 2. The lowest BCUT2D eigenvalue weighted by Crippen LogP contribution is -2.51. The van der Waals surface area contributed by atoms with Gasteiger partial charge in [0.25, 0.3) is 5.91 Å². The minimum atomic E-state index is -0.878. The molecule has 0 saturated heterocycles. The number of benzene rings is 2. The van der Waals surface area contributed by atoms with Gasteiger partial charge in [-0.1, -0.05) is 38.1 Å². The van der Waals surface area contributed by atoms with Crippen LogP contribution in [0.5, 0.6) is 11.5 Å². The summed E-state index contributed by atoms with van der Waals surface area (Å²) in [5.41, 5.74) is 2.72. The van der Waals surface area contributed by atoms with Crippen LogP contribution < -0.4 is 14.4 Å². The van der Waals surface area contributed by atoms with Crippen LogP contribution in [-0.4, -0.2) is 37.7 Å². The number of anilines is 1. The van der Waals surface area contributed by atoms with Crippen LogP contribution in [0.4, 0.5) is 5.69 Å². The number of para-hydroxylation sites is 2. The van der Waals surface area contributed by atoms with E-state index < -0.39 is 18.2 Å². The molecule has 0 bridgehead atoms. The van der Waals surface area contributed by atoms with Crippen molar-refractivity contribution in [3.8, 4) is 11.5 Å². The smallest absolute Gasteiger partial charge is 0.348 e. The van der Waals surface area contributed by atoms with Crippen LogP contribution in [0.15, 0.2) is 42.5 Å². The fourth-order valence-electron chi connectivity index (χ4n) is 3.38. The van der Waals surface area contributed by atoms with Gasteiger partial charge in [0.05, 0.1) is 19.3 Å². The molecule has 0 N–H and O–H groups in total. The number of carbonyl (C=O) groups is 2. The third-order valence-electron chi connectivity index (χ3n) is 4.95. The highest BCUT2D eigenvalue weighted by Crippen LogP contribution is 2.34. The molecule has 0 saturated carbocycles. The maximum Gasteiger partial charge on any atom is 0.348 e. The van der Waals surface area contributed by atoms with Crippen LogP contribution in [0.1, 0.15) is 37.8 Å². The van der Waals surface area contributed by atoms with Crippen molar-refractivity contribution in [3.63, 3.8) is 0 Å². The summed E-state index contributed by atoms with van der Waals surface area (Å²) in [4.78, 5) is 26.9. The molecule has 0 unspecified atom stereocenters. The Morgan fingerprint density at radius 3 is 2.55 bits per heavy atom. The number of amides is 1. The molecular weight excluding hydrogens is 370 g/mol. The van der Waals surface area contributed by atoms with Gasteiger partial charge in [-0.25, -0.2) is 4.79 Å². The maximum atomic E-state index is 13.3. The van der Waals surface area contributed by atoms with Gasteiger partial charge in [0.1, 0.15) is 11.5 Å². The molecular formula is C23H27NO5. The first-order chi connectivity index (χ1) is 13.8. The Labute approximate surface area is 171 Å². The second-order valence-corrected chi connectivity index (χ2v) is 7.50. The van der Waals surface area contributed by atoms with Crippen molar-refractivity contribution in [2.75, 3.05) is 18.6 Å². The number of fused-ring (bicyclic) bond motifs is 1. The van der Waals surface area contributed by atoms with Gasteiger partial charge >= 0.3 is 5.97 Å². The van der Waals surface area contributed by atoms with E-state index in [0.717, 1.165) is 11.1 Å². The largest absolute Gasteiger partial charge is 0.481 e. The quantitative estimate of drug-likeness (QED) is 0.717. The van der Waals surface area contributed by atoms with Crippen molar-refractivity contribution in [3.05, 3.63) is 53.6 Å². The van der Waals surface area contributed by atoms with E-state index in [0.29, 0.717) is 17.2 Å². The molecule has 0 radical (unpaired) electrons. The number of hydrogen-bond donors (Lipinski definition) is 0. The average molecular weight is 397 g/mol. The van der Waals surface area contributed by atoms with E-state index >= 15 is 0 Å². The Bertz CT molecular complexity index is 908. The van der Waals surface area contributed by atoms with E-state index in [2.05, 4.69) is 13.8 Å². The van der Waals surface area contributed by atoms with Gasteiger partial charge in [-0.15, -0.1) is 0 Å². The number of esters is 1. The van der Waals surface area contributed by atoms with E-state index in [1.165, 1.54) is 12.0 Å². The molecule has 29 heavy (non-hydrogen) atoms. The molecule has 0 fully saturated rings. The minimum Gasteiger partial charge on any atom is -0.481 e. The van der Waals surface area contributed by atoms with Gasteiger partial charge in [-0.05, 0) is 49.1 Å². The second-order valence-electron chi connectivity index (χ2n) is 7.50. The summed E-state index contributed by atoms with van der Waals surface area (Å²) in [5, 5.41) is 0. The first-order valence-electron chi connectivity index (χ1n) is 9.74. The van der Waals surface area contributed by atoms with Crippen LogP contribution >= 0.6 is 0 Å². The van der Waals surface area contributed by atoms with Crippen LogP contribution in [0, 0.1) is 6.92 Å². The monoisotopic (exact) mass is 397 g/mol. The van der Waals surface area contributed by atoms with Gasteiger partial charge in [0.2, 0.25) is 6.10 Å². The average Bonchev–Trinajstić information content (AvgIpc) is 2.71. The van der Waals surface area contributed by atoms with Crippen molar-refractivity contribution < 1.29 is 23.8 Å². The fraction of sp³-hybridized carbons (Fsp3) is 0.391. The molecule has 1 aliphatic heterocycles. The molecule has 154 valence electrons. The number of hydrogen-bond acceptors (Lipinski definition) is 5. The number of ether oxygens (including phenoxy) is 3. The fourth-order valence-corrected chi connectivity index (χ4v) is 3.38. The molecule has 0 aromatic heterocycles. The van der Waals surface area contributed by atoms with Gasteiger partial charge in [0.15, 0.2) is 6.10 Å². The minimum absolute atomic E-state index is 0.0705. The molecule has 2 aromatic rings. The van der Waals surface area contributed by atoms with Gasteiger partial charge in [-0.3, -0.25) is 4.79 Å². The molecule has 3 rings (SSSR count). The lowest BCUT2D eigenvalue weighted by molar-refractivity contribution is -0.148. The van der Waals surface area contributed by atoms with Gasteiger partial charge < -0.3 is 19.1 Å². The number of nitrogens with zero attached hydrogens (tertiary/aromatic N) is 1. The van der Waals surface area contributed by atoms with Crippen molar-refractivity contribution in [2.24, 2.45) is 0 Å². The van der Waals surface area contributed by atoms with E-state index in [1.807, 2.05) is 31.2 Å². The highest BCUT2D eigenvalue weighted by molar-refractivity contribution is 5.99. The highest BCUT2D eigenvalue weighted by atomic mass is 16.6. The Balaban J connectivity index is 1.87. The van der Waals surface area contributed by atoms with Crippen molar-refractivity contribution in [2.45, 2.75) is 45.8 Å². The molecule has 1 heterocycles. The maximum absolute atomic E-state index is 13.3. The zero-order valence-electron chi connectivity index (χ0n) is 17.5. The molecule has 0 spiro atoms. The zero-order valence-corrected chi connectivity index (χ0v) is 17.5. The first-order valence-corrected chi connectivity index (χ1v) is 9.74. The highest BCUT2D eigenvalue weighted by Gasteiger charge is 2.36. The standard InChI is InChI=1S/C23H27NO5/c1-14(2)17-11-10-15(3)12-20(17)28-16(4)22(25)24-13-21(23(26)27-5)29-19-9-7-6-8-18(19)24/h6-12,14,16,21H,13H2,1-5H3/t16-,21+/m0/s1. The first kappa shape index (κ1) is 20.7. The number of methoxy groups -OCH3 is 1. The summed E-state index contributed by atoms with van der Waals surface area (Å²) in [6.45, 7) is 7.95. The third kappa shape index (κ3) is 4.36. The van der Waals surface area contributed by atoms with Crippen molar-refractivity contribution in [1.29, 1.82) is 0 Å². The van der Waals surface area contributed by atoms with Crippen LogP contribution in [0.3, 0.4) is 0 Å². The second kappa shape index (κ2) is 8.55. The Hall–Kier alpha value is -3.02. The predicted octanol–water partition coefficient (Wildman–Crippen LogP) is 3.85. The van der Waals surface area contributed by atoms with E-state index in [1.54, 1.807) is 25.1 Å². The summed E-state index contributed by atoms with van der Waals surface area (Å²) in [6.07, 6.45) is -1.62. The zero-order chi connectivity index (χ0) is 21.1. The van der Waals surface area contributed by atoms with E-state index in [4.69, 9.17) is 14.2 Å². The normalized spacial score (nSPS) is 16.6. The summed E-state index contributed by atoms with van der Waals surface area (Å²) in [5.74, 6) is 0.665. The van der Waals surface area contributed by atoms with Crippen molar-refractivity contribution in [1.82, 2.24) is 0 Å². The Morgan fingerprint density at radius 1 is 1.14 bits per heavy atom. The SMILES string of the molecule is COC(=O)[C@H]1CN(C(=O)[C@H](C)Oc2cc(C)ccc2C(C)C)c2ccccc2O1. The van der Waals surface area contributed by atoms with Crippen LogP contribution in [0.25, 0.3) is 0 Å². The summed E-state index contributed by atoms with van der Waals surface area (Å²) in [7, 11) is 1.30. The van der Waals surface area contributed by atoms with Crippen molar-refractivity contribution >= 4 is 17.6 Å². The molecule has 1 aliphatic rings. The van der Waals surface area contributed by atoms with Crippen LogP contribution in [-0.2, 0) is 14.3 Å².